The third-order valence-corrected chi connectivity index (χ3v) is 3.52. The average molecular weight is 316 g/mol. The molecule has 0 heterocycles. The second-order valence-corrected chi connectivity index (χ2v) is 4.79. The topological polar surface area (TPSA) is 54.0 Å². The minimum atomic E-state index is -0.683. The molecule has 2 rings (SSSR count). The quantitative estimate of drug-likeness (QED) is 0.580. The van der Waals surface area contributed by atoms with Gasteiger partial charge in [0.05, 0.1) is 14.2 Å². The van der Waals surface area contributed by atoms with Crippen LogP contribution in [0.25, 0.3) is 0 Å². The number of ether oxygens (including phenoxy) is 4. The van der Waals surface area contributed by atoms with E-state index in [4.69, 9.17) is 18.9 Å². The summed E-state index contributed by atoms with van der Waals surface area (Å²) < 4.78 is 21.2. The fraction of sp³-hybridized carbons (Fsp3) is 0.278. The number of carbonyl (C=O) groups is 1. The Hall–Kier alpha value is -2.37. The van der Waals surface area contributed by atoms with Crippen LogP contribution in [0.4, 0.5) is 0 Å². The minimum absolute atomic E-state index is 0.138. The Morgan fingerprint density at radius 1 is 0.870 bits per heavy atom. The Morgan fingerprint density at radius 2 is 1.43 bits per heavy atom. The van der Waals surface area contributed by atoms with E-state index in [-0.39, 0.29) is 5.78 Å². The van der Waals surface area contributed by atoms with Gasteiger partial charge in [-0.15, -0.1) is 0 Å². The number of rotatable bonds is 7. The zero-order chi connectivity index (χ0) is 16.8. The van der Waals surface area contributed by atoms with Gasteiger partial charge in [-0.2, -0.15) is 0 Å². The first-order chi connectivity index (χ1) is 11.2. The highest BCUT2D eigenvalue weighted by Gasteiger charge is 2.23. The van der Waals surface area contributed by atoms with Crippen LogP contribution in [-0.4, -0.2) is 34.2 Å². The molecular weight excluding hydrogens is 296 g/mol. The summed E-state index contributed by atoms with van der Waals surface area (Å²) >= 11 is 0. The van der Waals surface area contributed by atoms with Crippen molar-refractivity contribution >= 4 is 5.78 Å². The van der Waals surface area contributed by atoms with Gasteiger partial charge in [-0.05, 0) is 12.1 Å². The van der Waals surface area contributed by atoms with Crippen molar-refractivity contribution in [2.24, 2.45) is 0 Å². The third kappa shape index (κ3) is 3.52. The maximum Gasteiger partial charge on any atom is 0.193 e. The van der Waals surface area contributed by atoms with E-state index in [9.17, 15) is 4.79 Å². The van der Waals surface area contributed by atoms with E-state index in [1.807, 2.05) is 18.2 Å². The number of carbonyl (C=O) groups excluding carboxylic acids is 1. The van der Waals surface area contributed by atoms with Gasteiger partial charge in [0, 0.05) is 30.9 Å². The zero-order valence-electron chi connectivity index (χ0n) is 13.7. The van der Waals surface area contributed by atoms with Crippen molar-refractivity contribution < 1.29 is 23.7 Å². The predicted molar refractivity (Wildman–Crippen MR) is 86.2 cm³/mol. The predicted octanol–water partition coefficient (Wildman–Crippen LogP) is 3.23. The van der Waals surface area contributed by atoms with Crippen molar-refractivity contribution in [3.8, 4) is 11.5 Å². The van der Waals surface area contributed by atoms with Gasteiger partial charge in [0.2, 0.25) is 0 Å². The van der Waals surface area contributed by atoms with Crippen molar-refractivity contribution in [3.63, 3.8) is 0 Å². The summed E-state index contributed by atoms with van der Waals surface area (Å²) in [6, 6.07) is 12.4. The monoisotopic (exact) mass is 316 g/mol. The Morgan fingerprint density at radius 3 is 1.96 bits per heavy atom. The summed E-state index contributed by atoms with van der Waals surface area (Å²) in [6.45, 7) is 0. The van der Waals surface area contributed by atoms with Gasteiger partial charge in [0.25, 0.3) is 0 Å². The summed E-state index contributed by atoms with van der Waals surface area (Å²) in [5, 5.41) is 0. The van der Waals surface area contributed by atoms with E-state index < -0.39 is 6.29 Å². The smallest absolute Gasteiger partial charge is 0.193 e. The molecule has 0 aliphatic rings. The number of ketones is 1. The van der Waals surface area contributed by atoms with Crippen LogP contribution in [0.5, 0.6) is 11.5 Å². The van der Waals surface area contributed by atoms with Gasteiger partial charge in [0.15, 0.2) is 23.6 Å². The van der Waals surface area contributed by atoms with E-state index in [1.165, 1.54) is 28.4 Å². The molecule has 0 saturated carbocycles. The van der Waals surface area contributed by atoms with Crippen LogP contribution in [-0.2, 0) is 9.47 Å². The van der Waals surface area contributed by atoms with Gasteiger partial charge in [0.1, 0.15) is 0 Å². The van der Waals surface area contributed by atoms with Crippen LogP contribution in [0.2, 0.25) is 0 Å². The molecule has 0 atom stereocenters. The molecule has 23 heavy (non-hydrogen) atoms. The number of methoxy groups -OCH3 is 4. The van der Waals surface area contributed by atoms with Gasteiger partial charge in [-0.25, -0.2) is 0 Å². The molecule has 0 fully saturated rings. The number of benzene rings is 2. The standard InChI is InChI=1S/C18H20O5/c1-20-15-10-13(17(19)12-8-6-5-7-9-12)14(11-16(15)21-2)18(22-3)23-4/h5-11,18H,1-4H3. The largest absolute Gasteiger partial charge is 0.493 e. The highest BCUT2D eigenvalue weighted by Crippen LogP contribution is 2.35. The summed E-state index contributed by atoms with van der Waals surface area (Å²) in [5.74, 6) is 0.841. The first-order valence-electron chi connectivity index (χ1n) is 7.07. The lowest BCUT2D eigenvalue weighted by Crippen LogP contribution is -2.13. The van der Waals surface area contributed by atoms with Crippen LogP contribution >= 0.6 is 0 Å². The van der Waals surface area contributed by atoms with E-state index in [1.54, 1.807) is 24.3 Å². The Balaban J connectivity index is 2.61. The second kappa shape index (κ2) is 7.76. The maximum atomic E-state index is 12.9. The summed E-state index contributed by atoms with van der Waals surface area (Å²) in [5.41, 5.74) is 1.61. The van der Waals surface area contributed by atoms with Crippen molar-refractivity contribution in [3.05, 3.63) is 59.2 Å². The Kier molecular flexibility index (Phi) is 5.73. The molecule has 5 nitrogen and oxygen atoms in total. The molecule has 2 aromatic carbocycles. The molecule has 122 valence electrons. The second-order valence-electron chi connectivity index (χ2n) is 4.79. The fourth-order valence-corrected chi connectivity index (χ4v) is 2.38. The normalized spacial score (nSPS) is 10.7. The third-order valence-electron chi connectivity index (χ3n) is 3.52. The molecular formula is C18H20O5. The van der Waals surface area contributed by atoms with E-state index in [0.29, 0.717) is 28.2 Å². The molecule has 5 heteroatoms. The lowest BCUT2D eigenvalue weighted by molar-refractivity contribution is -0.106. The highest BCUT2D eigenvalue weighted by atomic mass is 16.7. The SMILES string of the molecule is COc1cc(C(=O)c2ccccc2)c(C(OC)OC)cc1OC. The van der Waals surface area contributed by atoms with E-state index in [0.717, 1.165) is 0 Å². The molecule has 0 amide bonds. The fourth-order valence-electron chi connectivity index (χ4n) is 2.38. The Bertz CT molecular complexity index is 663. The van der Waals surface area contributed by atoms with Gasteiger partial charge < -0.3 is 18.9 Å². The summed E-state index contributed by atoms with van der Waals surface area (Å²) in [6.07, 6.45) is -0.683. The molecule has 0 bridgehead atoms. The lowest BCUT2D eigenvalue weighted by Gasteiger charge is -2.19. The molecule has 0 aliphatic carbocycles. The summed E-state index contributed by atoms with van der Waals surface area (Å²) in [7, 11) is 6.09. The minimum Gasteiger partial charge on any atom is -0.493 e. The average Bonchev–Trinajstić information content (AvgIpc) is 2.62. The lowest BCUT2D eigenvalue weighted by atomic mass is 9.97. The van der Waals surface area contributed by atoms with E-state index >= 15 is 0 Å². The summed E-state index contributed by atoms with van der Waals surface area (Å²) in [4.78, 5) is 12.9. The van der Waals surface area contributed by atoms with Crippen molar-refractivity contribution in [1.29, 1.82) is 0 Å². The molecule has 0 unspecified atom stereocenters. The van der Waals surface area contributed by atoms with Crippen LogP contribution < -0.4 is 9.47 Å². The molecule has 0 aliphatic heterocycles. The van der Waals surface area contributed by atoms with Crippen LogP contribution in [0, 0.1) is 0 Å². The molecule has 0 radical (unpaired) electrons. The first-order valence-corrected chi connectivity index (χ1v) is 7.07. The first kappa shape index (κ1) is 17.0. The Labute approximate surface area is 135 Å². The van der Waals surface area contributed by atoms with Crippen LogP contribution in [0.1, 0.15) is 27.8 Å². The van der Waals surface area contributed by atoms with Gasteiger partial charge in [-0.1, -0.05) is 30.3 Å². The molecule has 0 aromatic heterocycles. The molecule has 0 spiro atoms. The van der Waals surface area contributed by atoms with Crippen molar-refractivity contribution in [1.82, 2.24) is 0 Å². The van der Waals surface area contributed by atoms with Crippen molar-refractivity contribution in [2.45, 2.75) is 6.29 Å². The van der Waals surface area contributed by atoms with Gasteiger partial charge >= 0.3 is 0 Å². The van der Waals surface area contributed by atoms with Gasteiger partial charge in [-0.3, -0.25) is 4.79 Å². The van der Waals surface area contributed by atoms with Crippen LogP contribution in [0.3, 0.4) is 0 Å². The molecule has 2 aromatic rings. The van der Waals surface area contributed by atoms with Crippen molar-refractivity contribution in [2.75, 3.05) is 28.4 Å². The van der Waals surface area contributed by atoms with Crippen LogP contribution in [0.15, 0.2) is 42.5 Å². The zero-order valence-corrected chi connectivity index (χ0v) is 13.7. The number of hydrogen-bond donors (Lipinski definition) is 0. The molecule has 0 saturated heterocycles. The highest BCUT2D eigenvalue weighted by molar-refractivity contribution is 6.10. The van der Waals surface area contributed by atoms with E-state index in [2.05, 4.69) is 0 Å². The maximum absolute atomic E-state index is 12.9. The molecule has 0 N–H and O–H groups in total. The number of hydrogen-bond acceptors (Lipinski definition) is 5.